The summed E-state index contributed by atoms with van der Waals surface area (Å²) in [6.45, 7) is 0. The molecule has 0 bridgehead atoms. The van der Waals surface area contributed by atoms with Crippen molar-refractivity contribution in [3.05, 3.63) is 58.1 Å². The van der Waals surface area contributed by atoms with Crippen LogP contribution in [0.4, 0.5) is 5.69 Å². The molecule has 0 amide bonds. The zero-order chi connectivity index (χ0) is 13.1. The Labute approximate surface area is 118 Å². The second kappa shape index (κ2) is 5.74. The zero-order valence-corrected chi connectivity index (χ0v) is 11.7. The first-order valence-corrected chi connectivity index (χ1v) is 7.33. The Morgan fingerprint density at radius 1 is 1.00 bits per heavy atom. The third-order valence-corrected chi connectivity index (χ3v) is 4.71. The van der Waals surface area contributed by atoms with Crippen LogP contribution in [0.25, 0.3) is 0 Å². The summed E-state index contributed by atoms with van der Waals surface area (Å²) in [5, 5.41) is 1.01. The smallest absolute Gasteiger partial charge is 0.0590 e. The van der Waals surface area contributed by atoms with Crippen LogP contribution in [0, 0.1) is 0 Å². The fourth-order valence-corrected chi connectivity index (χ4v) is 3.54. The Morgan fingerprint density at radius 3 is 2.33 bits per heavy atom. The molecule has 0 aliphatic carbocycles. The Bertz CT molecular complexity index is 581. The van der Waals surface area contributed by atoms with Gasteiger partial charge in [-0.2, -0.15) is 0 Å². The molecule has 0 saturated carbocycles. The third-order valence-electron chi connectivity index (χ3n) is 2.51. The maximum Gasteiger partial charge on any atom is 0.0590 e. The van der Waals surface area contributed by atoms with Gasteiger partial charge in [-0.3, -0.25) is 4.21 Å². The van der Waals surface area contributed by atoms with Crippen LogP contribution in [0.3, 0.4) is 0 Å². The lowest BCUT2D eigenvalue weighted by Crippen LogP contribution is -2.01. The molecule has 0 aromatic heterocycles. The lowest BCUT2D eigenvalue weighted by molar-refractivity contribution is 0.682. The van der Waals surface area contributed by atoms with Crippen LogP contribution in [0.15, 0.2) is 47.4 Å². The van der Waals surface area contributed by atoms with E-state index in [1.54, 1.807) is 42.5 Å². The van der Waals surface area contributed by atoms with Crippen molar-refractivity contribution in [2.75, 3.05) is 5.73 Å². The quantitative estimate of drug-likeness (QED) is 0.874. The lowest BCUT2D eigenvalue weighted by Gasteiger charge is -2.08. The number of anilines is 1. The molecule has 0 aliphatic heterocycles. The summed E-state index contributed by atoms with van der Waals surface area (Å²) >= 11 is 12.1. The Hall–Kier alpha value is -1.03. The van der Waals surface area contributed by atoms with Crippen molar-refractivity contribution in [1.82, 2.24) is 0 Å². The lowest BCUT2D eigenvalue weighted by atomic mass is 10.2. The minimum atomic E-state index is -1.26. The average Bonchev–Trinajstić information content (AvgIpc) is 2.34. The van der Waals surface area contributed by atoms with Crippen molar-refractivity contribution < 1.29 is 4.21 Å². The predicted octanol–water partition coefficient (Wildman–Crippen LogP) is 3.88. The van der Waals surface area contributed by atoms with Crippen molar-refractivity contribution in [2.45, 2.75) is 10.6 Å². The van der Waals surface area contributed by atoms with Crippen LogP contribution >= 0.6 is 23.2 Å². The first-order chi connectivity index (χ1) is 8.59. The molecule has 0 heterocycles. The molecule has 0 radical (unpaired) electrons. The second-order valence-corrected chi connectivity index (χ2v) is 5.96. The van der Waals surface area contributed by atoms with Crippen LogP contribution in [-0.4, -0.2) is 4.21 Å². The van der Waals surface area contributed by atoms with E-state index in [1.807, 2.05) is 0 Å². The molecule has 5 heteroatoms. The van der Waals surface area contributed by atoms with Gasteiger partial charge in [0.2, 0.25) is 0 Å². The minimum Gasteiger partial charge on any atom is -0.398 e. The topological polar surface area (TPSA) is 43.1 Å². The van der Waals surface area contributed by atoms with Crippen LogP contribution in [0.1, 0.15) is 5.56 Å². The number of hydrogen-bond acceptors (Lipinski definition) is 2. The molecule has 2 rings (SSSR count). The summed E-state index contributed by atoms with van der Waals surface area (Å²) in [5.74, 6) is 0.259. The van der Waals surface area contributed by atoms with Gasteiger partial charge < -0.3 is 5.73 Å². The highest BCUT2D eigenvalue weighted by Crippen LogP contribution is 2.27. The second-order valence-electron chi connectivity index (χ2n) is 3.73. The van der Waals surface area contributed by atoms with Crippen LogP contribution in [-0.2, 0) is 16.6 Å². The van der Waals surface area contributed by atoms with Gasteiger partial charge >= 0.3 is 0 Å². The number of nitrogen functional groups attached to an aromatic ring is 1. The summed E-state index contributed by atoms with van der Waals surface area (Å²) in [7, 11) is -1.26. The van der Waals surface area contributed by atoms with Crippen LogP contribution in [0.2, 0.25) is 10.0 Å². The summed E-state index contributed by atoms with van der Waals surface area (Å²) < 4.78 is 12.3. The molecule has 2 aromatic carbocycles. The van der Waals surface area contributed by atoms with Crippen molar-refractivity contribution >= 4 is 39.7 Å². The van der Waals surface area contributed by atoms with E-state index in [0.717, 1.165) is 0 Å². The highest BCUT2D eigenvalue weighted by atomic mass is 35.5. The Balaban J connectivity index is 2.30. The van der Waals surface area contributed by atoms with E-state index in [9.17, 15) is 4.21 Å². The number of rotatable bonds is 3. The van der Waals surface area contributed by atoms with E-state index < -0.39 is 10.8 Å². The molecule has 0 spiro atoms. The normalized spacial score (nSPS) is 12.3. The highest BCUT2D eigenvalue weighted by molar-refractivity contribution is 7.84. The molecule has 1 atom stereocenters. The minimum absolute atomic E-state index is 0.259. The molecular formula is C13H11Cl2NOS. The maximum absolute atomic E-state index is 12.3. The molecule has 0 aliphatic rings. The molecule has 2 aromatic rings. The summed E-state index contributed by atoms with van der Waals surface area (Å²) in [4.78, 5) is 0.596. The van der Waals surface area contributed by atoms with Gasteiger partial charge in [-0.15, -0.1) is 0 Å². The molecule has 2 N–H and O–H groups in total. The Kier molecular flexibility index (Phi) is 4.27. The van der Waals surface area contributed by atoms with Gasteiger partial charge in [0.15, 0.2) is 0 Å². The zero-order valence-electron chi connectivity index (χ0n) is 9.40. The molecular weight excluding hydrogens is 289 g/mol. The first-order valence-electron chi connectivity index (χ1n) is 5.25. The SMILES string of the molecule is Nc1cccc(Cl)c1CS(=O)c1ccccc1Cl. The first kappa shape index (κ1) is 13.4. The van der Waals surface area contributed by atoms with Crippen molar-refractivity contribution in [1.29, 1.82) is 0 Å². The summed E-state index contributed by atoms with van der Waals surface area (Å²) in [5.41, 5.74) is 7.07. The van der Waals surface area contributed by atoms with Crippen molar-refractivity contribution in [2.24, 2.45) is 0 Å². The number of nitrogens with two attached hydrogens (primary N) is 1. The van der Waals surface area contributed by atoms with Gasteiger partial charge in [-0.05, 0) is 24.3 Å². The summed E-state index contributed by atoms with van der Waals surface area (Å²) in [6, 6.07) is 12.3. The highest BCUT2D eigenvalue weighted by Gasteiger charge is 2.12. The van der Waals surface area contributed by atoms with Gasteiger partial charge in [-0.25, -0.2) is 0 Å². The number of hydrogen-bond donors (Lipinski definition) is 1. The monoisotopic (exact) mass is 299 g/mol. The predicted molar refractivity (Wildman–Crippen MR) is 77.4 cm³/mol. The van der Waals surface area contributed by atoms with Crippen LogP contribution in [0.5, 0.6) is 0 Å². The number of halogens is 2. The van der Waals surface area contributed by atoms with E-state index >= 15 is 0 Å². The van der Waals surface area contributed by atoms with E-state index in [4.69, 9.17) is 28.9 Å². The fraction of sp³-hybridized carbons (Fsp3) is 0.0769. The van der Waals surface area contributed by atoms with E-state index in [0.29, 0.717) is 26.2 Å². The molecule has 0 fully saturated rings. The van der Waals surface area contributed by atoms with E-state index in [2.05, 4.69) is 0 Å². The van der Waals surface area contributed by atoms with Gasteiger partial charge in [0.05, 0.1) is 26.5 Å². The fourth-order valence-electron chi connectivity index (χ4n) is 1.57. The van der Waals surface area contributed by atoms with Crippen molar-refractivity contribution in [3.8, 4) is 0 Å². The van der Waals surface area contributed by atoms with E-state index in [1.165, 1.54) is 0 Å². The van der Waals surface area contributed by atoms with Gasteiger partial charge in [0.1, 0.15) is 0 Å². The number of benzene rings is 2. The molecule has 94 valence electrons. The standard InChI is InChI=1S/C13H11Cl2NOS/c14-10-5-3-6-12(16)9(10)8-18(17)13-7-2-1-4-11(13)15/h1-7H,8,16H2. The summed E-state index contributed by atoms with van der Waals surface area (Å²) in [6.07, 6.45) is 0. The van der Waals surface area contributed by atoms with E-state index in [-0.39, 0.29) is 5.75 Å². The van der Waals surface area contributed by atoms with Crippen molar-refractivity contribution in [3.63, 3.8) is 0 Å². The van der Waals surface area contributed by atoms with Gasteiger partial charge in [0.25, 0.3) is 0 Å². The van der Waals surface area contributed by atoms with Gasteiger partial charge in [0, 0.05) is 16.3 Å². The molecule has 18 heavy (non-hydrogen) atoms. The largest absolute Gasteiger partial charge is 0.398 e. The molecule has 2 nitrogen and oxygen atoms in total. The molecule has 1 unspecified atom stereocenters. The van der Waals surface area contributed by atoms with Crippen LogP contribution < -0.4 is 5.73 Å². The average molecular weight is 300 g/mol. The maximum atomic E-state index is 12.3. The third kappa shape index (κ3) is 2.86. The van der Waals surface area contributed by atoms with Gasteiger partial charge in [-0.1, -0.05) is 41.4 Å². The Morgan fingerprint density at radius 2 is 1.67 bits per heavy atom. The molecule has 0 saturated heterocycles.